The first-order valence-corrected chi connectivity index (χ1v) is 5.97. The van der Waals surface area contributed by atoms with Gasteiger partial charge in [-0.1, -0.05) is 28.8 Å². The molecule has 0 amide bonds. The number of alkyl halides is 7. The van der Waals surface area contributed by atoms with Crippen LogP contribution in [0.1, 0.15) is 25.7 Å². The molecule has 0 radical (unpaired) electrons. The molecule has 2 unspecified atom stereocenters. The third-order valence-electron chi connectivity index (χ3n) is 2.53. The summed E-state index contributed by atoms with van der Waals surface area (Å²) in [6.45, 7) is 0. The molecule has 1 aliphatic rings. The van der Waals surface area contributed by atoms with E-state index in [1.807, 2.05) is 0 Å². The van der Waals surface area contributed by atoms with Crippen molar-refractivity contribution in [1.29, 1.82) is 0 Å². The van der Waals surface area contributed by atoms with Crippen molar-refractivity contribution < 1.29 is 31.1 Å². The van der Waals surface area contributed by atoms with Crippen molar-refractivity contribution in [2.24, 2.45) is 0 Å². The highest BCUT2D eigenvalue weighted by atomic mass is 79.9. The highest BCUT2D eigenvalue weighted by molar-refractivity contribution is 9.09. The Hall–Kier alpha value is 0.0200. The van der Waals surface area contributed by atoms with E-state index < -0.39 is 29.4 Å². The average molecular weight is 329 g/mol. The Kier molecular flexibility index (Phi) is 4.73. The molecule has 0 N–H and O–H groups in total. The van der Waals surface area contributed by atoms with E-state index in [-0.39, 0.29) is 6.42 Å². The summed E-state index contributed by atoms with van der Waals surface area (Å²) in [5.41, 5.74) is 0. The van der Waals surface area contributed by atoms with Gasteiger partial charge >= 0.3 is 12.4 Å². The summed E-state index contributed by atoms with van der Waals surface area (Å²) in [7, 11) is 0. The van der Waals surface area contributed by atoms with Crippen LogP contribution in [-0.2, 0) is 4.74 Å². The van der Waals surface area contributed by atoms with Gasteiger partial charge in [-0.3, -0.25) is 0 Å². The summed E-state index contributed by atoms with van der Waals surface area (Å²) in [6.07, 6.45) is -13.5. The minimum absolute atomic E-state index is 0.207. The van der Waals surface area contributed by atoms with Gasteiger partial charge in [-0.15, -0.1) is 0 Å². The summed E-state index contributed by atoms with van der Waals surface area (Å²) < 4.78 is 77.7. The quantitative estimate of drug-likeness (QED) is 0.545. The molecule has 0 aromatic heterocycles. The Morgan fingerprint density at radius 3 is 1.82 bits per heavy atom. The lowest BCUT2D eigenvalue weighted by Crippen LogP contribution is -2.48. The molecule has 1 fully saturated rings. The standard InChI is InChI=1S/C9H11BrF6O/c10-5-3-1-2-4-6(5)17-7(8(11,12)13)9(14,15)16/h5-7H,1-4H2. The summed E-state index contributed by atoms with van der Waals surface area (Å²) in [5.74, 6) is 0. The number of hydrogen-bond acceptors (Lipinski definition) is 1. The van der Waals surface area contributed by atoms with E-state index in [9.17, 15) is 26.3 Å². The van der Waals surface area contributed by atoms with Gasteiger partial charge in [0.05, 0.1) is 6.10 Å². The topological polar surface area (TPSA) is 9.23 Å². The fraction of sp³-hybridized carbons (Fsp3) is 1.00. The van der Waals surface area contributed by atoms with E-state index in [0.717, 1.165) is 6.42 Å². The monoisotopic (exact) mass is 328 g/mol. The molecule has 0 saturated heterocycles. The smallest absolute Gasteiger partial charge is 0.356 e. The lowest BCUT2D eigenvalue weighted by Gasteiger charge is -2.32. The third kappa shape index (κ3) is 4.31. The van der Waals surface area contributed by atoms with Gasteiger partial charge in [0.25, 0.3) is 0 Å². The van der Waals surface area contributed by atoms with Crippen LogP contribution in [0, 0.1) is 0 Å². The Morgan fingerprint density at radius 2 is 1.41 bits per heavy atom. The van der Waals surface area contributed by atoms with Crippen LogP contribution in [-0.4, -0.2) is 29.4 Å². The molecule has 2 atom stereocenters. The molecule has 0 heterocycles. The van der Waals surface area contributed by atoms with Crippen LogP contribution >= 0.6 is 15.9 Å². The molecule has 0 spiro atoms. The average Bonchev–Trinajstić information content (AvgIpc) is 2.12. The zero-order valence-electron chi connectivity index (χ0n) is 8.61. The van der Waals surface area contributed by atoms with Crippen molar-refractivity contribution in [1.82, 2.24) is 0 Å². The fourth-order valence-corrected chi connectivity index (χ4v) is 2.43. The first-order chi connectivity index (χ1) is 7.62. The number of hydrogen-bond donors (Lipinski definition) is 0. The molecule has 102 valence electrons. The number of rotatable bonds is 2. The van der Waals surface area contributed by atoms with Crippen molar-refractivity contribution in [3.05, 3.63) is 0 Å². The van der Waals surface area contributed by atoms with Gasteiger partial charge in [-0.2, -0.15) is 26.3 Å². The Labute approximate surface area is 103 Å². The van der Waals surface area contributed by atoms with Crippen LogP contribution in [0.3, 0.4) is 0 Å². The van der Waals surface area contributed by atoms with Crippen LogP contribution in [0.2, 0.25) is 0 Å². The predicted molar refractivity (Wildman–Crippen MR) is 52.0 cm³/mol. The molecule has 0 bridgehead atoms. The van der Waals surface area contributed by atoms with E-state index in [0.29, 0.717) is 12.8 Å². The molecule has 0 aromatic rings. The van der Waals surface area contributed by atoms with Gasteiger partial charge < -0.3 is 4.74 Å². The third-order valence-corrected chi connectivity index (χ3v) is 3.57. The highest BCUT2D eigenvalue weighted by Crippen LogP contribution is 2.39. The lowest BCUT2D eigenvalue weighted by molar-refractivity contribution is -0.331. The summed E-state index contributed by atoms with van der Waals surface area (Å²) in [5, 5.41) is 0. The summed E-state index contributed by atoms with van der Waals surface area (Å²) >= 11 is 3.06. The van der Waals surface area contributed by atoms with Crippen molar-refractivity contribution in [2.45, 2.75) is 55.1 Å². The van der Waals surface area contributed by atoms with Gasteiger partial charge in [0, 0.05) is 4.83 Å². The number of ether oxygens (including phenoxy) is 1. The van der Waals surface area contributed by atoms with Gasteiger partial charge in [0.2, 0.25) is 6.10 Å². The zero-order valence-corrected chi connectivity index (χ0v) is 10.2. The van der Waals surface area contributed by atoms with Gasteiger partial charge in [-0.25, -0.2) is 0 Å². The molecule has 1 saturated carbocycles. The molecule has 0 aromatic carbocycles. The molecule has 8 heteroatoms. The maximum absolute atomic E-state index is 12.2. The van der Waals surface area contributed by atoms with Gasteiger partial charge in [-0.05, 0) is 12.8 Å². The maximum Gasteiger partial charge on any atom is 0.423 e. The largest absolute Gasteiger partial charge is 0.423 e. The second-order valence-corrected chi connectivity index (χ2v) is 5.11. The second kappa shape index (κ2) is 5.34. The molecule has 1 rings (SSSR count). The number of halogens is 7. The Bertz CT molecular complexity index is 237. The normalized spacial score (nSPS) is 27.5. The first kappa shape index (κ1) is 15.1. The van der Waals surface area contributed by atoms with Crippen LogP contribution in [0.15, 0.2) is 0 Å². The Morgan fingerprint density at radius 1 is 0.941 bits per heavy atom. The van der Waals surface area contributed by atoms with Crippen molar-refractivity contribution in [3.8, 4) is 0 Å². The van der Waals surface area contributed by atoms with Gasteiger partial charge in [0.1, 0.15) is 0 Å². The minimum atomic E-state index is -5.43. The highest BCUT2D eigenvalue weighted by Gasteiger charge is 2.59. The molecule has 1 aliphatic carbocycles. The summed E-state index contributed by atoms with van der Waals surface area (Å²) in [6, 6.07) is 0. The van der Waals surface area contributed by atoms with Crippen LogP contribution in [0.4, 0.5) is 26.3 Å². The van der Waals surface area contributed by atoms with E-state index in [1.54, 1.807) is 0 Å². The lowest BCUT2D eigenvalue weighted by atomic mass is 9.97. The molecular formula is C9H11BrF6O. The SMILES string of the molecule is FC(F)(F)C(OC1CCCCC1Br)C(F)(F)F. The van der Waals surface area contributed by atoms with E-state index >= 15 is 0 Å². The van der Waals surface area contributed by atoms with Crippen LogP contribution in [0.5, 0.6) is 0 Å². The molecule has 17 heavy (non-hydrogen) atoms. The van der Waals surface area contributed by atoms with Crippen LogP contribution in [0.25, 0.3) is 0 Å². The van der Waals surface area contributed by atoms with E-state index in [2.05, 4.69) is 20.7 Å². The first-order valence-electron chi connectivity index (χ1n) is 5.05. The Balaban J connectivity index is 2.73. The van der Waals surface area contributed by atoms with Crippen molar-refractivity contribution in [3.63, 3.8) is 0 Å². The van der Waals surface area contributed by atoms with Crippen LogP contribution < -0.4 is 0 Å². The van der Waals surface area contributed by atoms with E-state index in [4.69, 9.17) is 0 Å². The predicted octanol–water partition coefficient (Wildman–Crippen LogP) is 4.20. The molecule has 0 aliphatic heterocycles. The molecule has 1 nitrogen and oxygen atoms in total. The maximum atomic E-state index is 12.2. The summed E-state index contributed by atoms with van der Waals surface area (Å²) in [4.78, 5) is -0.455. The van der Waals surface area contributed by atoms with Gasteiger partial charge in [0.15, 0.2) is 0 Å². The molecular weight excluding hydrogens is 318 g/mol. The van der Waals surface area contributed by atoms with Crippen molar-refractivity contribution >= 4 is 15.9 Å². The zero-order chi connectivity index (χ0) is 13.3. The fourth-order valence-electron chi connectivity index (χ4n) is 1.72. The van der Waals surface area contributed by atoms with Crippen molar-refractivity contribution in [2.75, 3.05) is 0 Å². The minimum Gasteiger partial charge on any atom is -0.356 e. The van der Waals surface area contributed by atoms with E-state index in [1.165, 1.54) is 0 Å². The second-order valence-electron chi connectivity index (χ2n) is 3.94.